The molecule has 2 fully saturated rings. The molecule has 28 heavy (non-hydrogen) atoms. The lowest BCUT2D eigenvalue weighted by Crippen LogP contribution is -2.51. The van der Waals surface area contributed by atoms with Crippen molar-refractivity contribution in [2.24, 2.45) is 16.8 Å². The van der Waals surface area contributed by atoms with Gasteiger partial charge in [0.2, 0.25) is 0 Å². The van der Waals surface area contributed by atoms with E-state index in [9.17, 15) is 4.79 Å². The van der Waals surface area contributed by atoms with Crippen molar-refractivity contribution in [2.75, 3.05) is 5.32 Å². The van der Waals surface area contributed by atoms with Gasteiger partial charge in [0.15, 0.2) is 5.65 Å². The first kappa shape index (κ1) is 17.4. The highest BCUT2D eigenvalue weighted by atomic mass is 16.7. The second kappa shape index (κ2) is 6.16. The lowest BCUT2D eigenvalue weighted by atomic mass is 9.73. The number of nitrogens with two attached hydrogens (primary N) is 1. The molecule has 0 amide bonds. The van der Waals surface area contributed by atoms with Gasteiger partial charge in [-0.3, -0.25) is 4.79 Å². The zero-order valence-electron chi connectivity index (χ0n) is 15.8. The fraction of sp³-hybridized carbons (Fsp3) is 0.579. The van der Waals surface area contributed by atoms with E-state index in [-0.39, 0.29) is 23.6 Å². The van der Waals surface area contributed by atoms with Crippen LogP contribution in [-0.2, 0) is 16.2 Å². The van der Waals surface area contributed by atoms with Gasteiger partial charge < -0.3 is 21.0 Å². The first-order valence-corrected chi connectivity index (χ1v) is 9.83. The third-order valence-electron chi connectivity index (χ3n) is 6.22. The summed E-state index contributed by atoms with van der Waals surface area (Å²) in [6, 6.07) is 0.294. The second-order valence-corrected chi connectivity index (χ2v) is 8.25. The minimum atomic E-state index is -0.728. The fourth-order valence-electron chi connectivity index (χ4n) is 4.55. The van der Waals surface area contributed by atoms with Crippen LogP contribution in [0.4, 0.5) is 5.69 Å². The smallest absolute Gasteiger partial charge is 0.306 e. The number of hydrogen-bond donors (Lipinski definition) is 3. The topological polar surface area (TPSA) is 128 Å². The quantitative estimate of drug-likeness (QED) is 0.716. The van der Waals surface area contributed by atoms with Crippen LogP contribution in [0.2, 0.25) is 0 Å². The normalized spacial score (nSPS) is 31.2. The van der Waals surface area contributed by atoms with E-state index in [1.807, 2.05) is 24.0 Å². The lowest BCUT2D eigenvalue weighted by Gasteiger charge is -2.40. The van der Waals surface area contributed by atoms with Crippen molar-refractivity contribution < 1.29 is 14.7 Å². The molecular formula is C19H24N6O3. The molecule has 0 unspecified atom stereocenters. The first-order valence-electron chi connectivity index (χ1n) is 9.83. The average Bonchev–Trinajstić information content (AvgIpc) is 3.21. The van der Waals surface area contributed by atoms with Gasteiger partial charge in [-0.15, -0.1) is 0 Å². The molecule has 0 saturated heterocycles. The van der Waals surface area contributed by atoms with Crippen molar-refractivity contribution in [1.82, 2.24) is 14.8 Å². The molecule has 0 bridgehead atoms. The van der Waals surface area contributed by atoms with Gasteiger partial charge in [-0.2, -0.15) is 5.10 Å². The number of oxime groups is 1. The number of aryl methyl sites for hydroxylation is 1. The molecule has 2 saturated carbocycles. The second-order valence-electron chi connectivity index (χ2n) is 8.25. The number of pyridine rings is 1. The molecule has 5 rings (SSSR count). The van der Waals surface area contributed by atoms with Gasteiger partial charge in [0, 0.05) is 49.7 Å². The van der Waals surface area contributed by atoms with Crippen molar-refractivity contribution in [3.8, 4) is 0 Å². The number of anilines is 1. The SMILES string of the molecule is CCn1ncc2c(NC3CC(C(=O)O)C3)c(C3=NOC4(C3)CC(N)C4)cnc21. The van der Waals surface area contributed by atoms with Crippen LogP contribution in [0.3, 0.4) is 0 Å². The van der Waals surface area contributed by atoms with E-state index >= 15 is 0 Å². The summed E-state index contributed by atoms with van der Waals surface area (Å²) in [5.74, 6) is -1.00. The Morgan fingerprint density at radius 3 is 2.89 bits per heavy atom. The van der Waals surface area contributed by atoms with Gasteiger partial charge in [0.1, 0.15) is 5.60 Å². The first-order chi connectivity index (χ1) is 13.5. The number of rotatable bonds is 5. The van der Waals surface area contributed by atoms with Crippen LogP contribution in [0.15, 0.2) is 17.5 Å². The number of aliphatic carboxylic acids is 1. The van der Waals surface area contributed by atoms with Gasteiger partial charge in [-0.25, -0.2) is 9.67 Å². The summed E-state index contributed by atoms with van der Waals surface area (Å²) in [5.41, 5.74) is 9.18. The lowest BCUT2D eigenvalue weighted by molar-refractivity contribution is -0.144. The molecule has 0 aromatic carbocycles. The molecule has 9 nitrogen and oxygen atoms in total. The predicted octanol–water partition coefficient (Wildman–Crippen LogP) is 1.71. The maximum absolute atomic E-state index is 11.2. The number of carboxylic acid groups (broad SMARTS) is 1. The van der Waals surface area contributed by atoms with E-state index in [1.165, 1.54) is 0 Å². The third kappa shape index (κ3) is 2.64. The molecule has 2 aliphatic carbocycles. The Balaban J connectivity index is 1.47. The Hall–Kier alpha value is -2.68. The molecule has 0 atom stereocenters. The highest BCUT2D eigenvalue weighted by molar-refractivity contribution is 6.10. The Morgan fingerprint density at radius 2 is 2.21 bits per heavy atom. The zero-order chi connectivity index (χ0) is 19.5. The Labute approximate surface area is 161 Å². The number of aromatic nitrogens is 3. The monoisotopic (exact) mass is 384 g/mol. The number of nitrogens with zero attached hydrogens (tertiary/aromatic N) is 4. The molecular weight excluding hydrogens is 360 g/mol. The van der Waals surface area contributed by atoms with E-state index in [4.69, 9.17) is 15.7 Å². The summed E-state index contributed by atoms with van der Waals surface area (Å²) in [6.07, 6.45) is 7.21. The van der Waals surface area contributed by atoms with Crippen LogP contribution in [0.5, 0.6) is 0 Å². The van der Waals surface area contributed by atoms with Crippen molar-refractivity contribution in [3.05, 3.63) is 18.0 Å². The Morgan fingerprint density at radius 1 is 1.43 bits per heavy atom. The summed E-state index contributed by atoms with van der Waals surface area (Å²) in [4.78, 5) is 21.5. The number of carbonyl (C=O) groups is 1. The minimum Gasteiger partial charge on any atom is -0.481 e. The molecule has 4 N–H and O–H groups in total. The highest BCUT2D eigenvalue weighted by Gasteiger charge is 2.50. The summed E-state index contributed by atoms with van der Waals surface area (Å²) >= 11 is 0. The van der Waals surface area contributed by atoms with E-state index in [0.717, 1.165) is 47.4 Å². The minimum absolute atomic E-state index is 0.115. The molecule has 148 valence electrons. The third-order valence-corrected chi connectivity index (χ3v) is 6.22. The summed E-state index contributed by atoms with van der Waals surface area (Å²) < 4.78 is 1.85. The zero-order valence-corrected chi connectivity index (χ0v) is 15.8. The van der Waals surface area contributed by atoms with E-state index in [0.29, 0.717) is 19.3 Å². The van der Waals surface area contributed by atoms with Crippen LogP contribution in [0.1, 0.15) is 44.6 Å². The predicted molar refractivity (Wildman–Crippen MR) is 103 cm³/mol. The van der Waals surface area contributed by atoms with Crippen molar-refractivity contribution in [2.45, 2.75) is 63.3 Å². The molecule has 2 aromatic heterocycles. The van der Waals surface area contributed by atoms with E-state index in [1.54, 1.807) is 0 Å². The molecule has 1 aliphatic heterocycles. The van der Waals surface area contributed by atoms with Crippen LogP contribution in [0, 0.1) is 5.92 Å². The summed E-state index contributed by atoms with van der Waals surface area (Å²) in [7, 11) is 0. The average molecular weight is 384 g/mol. The molecule has 3 aliphatic rings. The number of hydrogen-bond acceptors (Lipinski definition) is 7. The van der Waals surface area contributed by atoms with Crippen molar-refractivity contribution in [3.63, 3.8) is 0 Å². The van der Waals surface area contributed by atoms with E-state index in [2.05, 4.69) is 20.6 Å². The fourth-order valence-corrected chi connectivity index (χ4v) is 4.55. The van der Waals surface area contributed by atoms with Crippen molar-refractivity contribution in [1.29, 1.82) is 0 Å². The summed E-state index contributed by atoms with van der Waals surface area (Å²) in [6.45, 7) is 2.75. The van der Waals surface area contributed by atoms with Crippen molar-refractivity contribution >= 4 is 28.4 Å². The van der Waals surface area contributed by atoms with Crippen LogP contribution in [-0.4, -0.2) is 49.2 Å². The van der Waals surface area contributed by atoms with Crippen LogP contribution < -0.4 is 11.1 Å². The van der Waals surface area contributed by atoms with Gasteiger partial charge in [-0.1, -0.05) is 5.16 Å². The number of nitrogens with one attached hydrogen (secondary N) is 1. The Kier molecular flexibility index (Phi) is 3.84. The number of carboxylic acids is 1. The molecule has 2 aromatic rings. The van der Waals surface area contributed by atoms with Crippen LogP contribution in [0.25, 0.3) is 11.0 Å². The van der Waals surface area contributed by atoms with Gasteiger partial charge in [0.05, 0.1) is 28.9 Å². The van der Waals surface area contributed by atoms with Gasteiger partial charge >= 0.3 is 5.97 Å². The Bertz CT molecular complexity index is 971. The summed E-state index contributed by atoms with van der Waals surface area (Å²) in [5, 5.41) is 22.4. The highest BCUT2D eigenvalue weighted by Crippen LogP contribution is 2.44. The number of fused-ring (bicyclic) bond motifs is 1. The van der Waals surface area contributed by atoms with Gasteiger partial charge in [0.25, 0.3) is 0 Å². The molecule has 9 heteroatoms. The van der Waals surface area contributed by atoms with E-state index < -0.39 is 5.97 Å². The molecule has 3 heterocycles. The van der Waals surface area contributed by atoms with Crippen LogP contribution >= 0.6 is 0 Å². The molecule has 1 spiro atoms. The van der Waals surface area contributed by atoms with Gasteiger partial charge in [-0.05, 0) is 19.8 Å². The maximum Gasteiger partial charge on any atom is 0.306 e. The standard InChI is InChI=1S/C19H24N6O3/c1-2-25-17-14(9-22-25)16(23-12-3-10(4-12)18(26)27)13(8-21-17)15-7-19(28-24-15)5-11(20)6-19/h8-12H,2-7,20H2,1H3,(H,21,23)(H,26,27). The maximum atomic E-state index is 11.2. The largest absolute Gasteiger partial charge is 0.481 e. The molecule has 0 radical (unpaired) electrons.